The molecule has 1 aromatic rings. The van der Waals surface area contributed by atoms with Gasteiger partial charge in [-0.15, -0.1) is 0 Å². The number of amidine groups is 1. The van der Waals surface area contributed by atoms with E-state index in [4.69, 9.17) is 21.1 Å². The SMILES string of the molecule is COc1cc(OC)c(F)c(N2CC3=CNC(Cl)=NC3N(CC(F)F)C2=O)c1F. The second-order valence-corrected chi connectivity index (χ2v) is 6.19. The van der Waals surface area contributed by atoms with Gasteiger partial charge in [0.2, 0.25) is 0 Å². The van der Waals surface area contributed by atoms with E-state index < -0.39 is 42.5 Å². The van der Waals surface area contributed by atoms with Crippen LogP contribution in [0.2, 0.25) is 0 Å². The normalized spacial score (nSPS) is 19.1. The summed E-state index contributed by atoms with van der Waals surface area (Å²) in [5, 5.41) is 2.48. The lowest BCUT2D eigenvalue weighted by atomic mass is 10.1. The standard InChI is InChI=1S/C16H15ClF4N4O3/c1-27-8-3-9(28-2)12(21)13(11(8)20)24-5-7-4-22-15(17)23-14(7)25(16(24)26)6-10(18)19/h3-4,10,14H,5-6H2,1-2H3,(H,22,23). The van der Waals surface area contributed by atoms with E-state index >= 15 is 0 Å². The van der Waals surface area contributed by atoms with Crippen LogP contribution in [-0.2, 0) is 0 Å². The predicted molar refractivity (Wildman–Crippen MR) is 93.2 cm³/mol. The van der Waals surface area contributed by atoms with Gasteiger partial charge in [-0.25, -0.2) is 27.3 Å². The molecule has 2 aliphatic rings. The van der Waals surface area contributed by atoms with E-state index in [-0.39, 0.29) is 23.3 Å². The van der Waals surface area contributed by atoms with Gasteiger partial charge in [0.05, 0.1) is 27.3 Å². The zero-order valence-corrected chi connectivity index (χ0v) is 15.4. The molecule has 152 valence electrons. The van der Waals surface area contributed by atoms with Gasteiger partial charge in [0.25, 0.3) is 6.43 Å². The van der Waals surface area contributed by atoms with Gasteiger partial charge in [0, 0.05) is 17.8 Å². The highest BCUT2D eigenvalue weighted by Gasteiger charge is 2.42. The topological polar surface area (TPSA) is 66.4 Å². The van der Waals surface area contributed by atoms with Crippen LogP contribution >= 0.6 is 11.6 Å². The first kappa shape index (κ1) is 20.1. The molecule has 7 nitrogen and oxygen atoms in total. The Kier molecular flexibility index (Phi) is 5.54. The number of aliphatic imine (C=N–C) groups is 1. The maximum absolute atomic E-state index is 14.8. The number of amides is 2. The van der Waals surface area contributed by atoms with Crippen LogP contribution in [0.4, 0.5) is 28.0 Å². The molecule has 2 heterocycles. The molecule has 0 bridgehead atoms. The van der Waals surface area contributed by atoms with Crippen molar-refractivity contribution in [2.45, 2.75) is 12.6 Å². The molecular weight excluding hydrogens is 408 g/mol. The molecule has 28 heavy (non-hydrogen) atoms. The van der Waals surface area contributed by atoms with Gasteiger partial charge in [-0.3, -0.25) is 9.80 Å². The van der Waals surface area contributed by atoms with Crippen molar-refractivity contribution in [3.05, 3.63) is 29.5 Å². The first-order chi connectivity index (χ1) is 13.3. The smallest absolute Gasteiger partial charge is 0.327 e. The van der Waals surface area contributed by atoms with Crippen LogP contribution in [-0.4, -0.2) is 56.1 Å². The van der Waals surface area contributed by atoms with Gasteiger partial charge in [0.1, 0.15) is 5.69 Å². The third kappa shape index (κ3) is 3.41. The molecule has 1 N–H and O–H groups in total. The van der Waals surface area contributed by atoms with E-state index in [1.54, 1.807) is 0 Å². The second-order valence-electron chi connectivity index (χ2n) is 5.83. The van der Waals surface area contributed by atoms with Crippen LogP contribution in [0.25, 0.3) is 0 Å². The molecule has 1 unspecified atom stereocenters. The van der Waals surface area contributed by atoms with Crippen molar-refractivity contribution >= 4 is 28.6 Å². The van der Waals surface area contributed by atoms with Crippen LogP contribution in [0.5, 0.6) is 11.5 Å². The molecule has 2 aliphatic heterocycles. The Hall–Kier alpha value is -2.69. The number of nitrogens with zero attached hydrogens (tertiary/aromatic N) is 3. The number of hydrogen-bond donors (Lipinski definition) is 1. The number of halogens is 5. The van der Waals surface area contributed by atoms with Gasteiger partial charge in [-0.05, 0) is 11.6 Å². The summed E-state index contributed by atoms with van der Waals surface area (Å²) in [6.07, 6.45) is -2.65. The maximum atomic E-state index is 14.8. The fraction of sp³-hybridized carbons (Fsp3) is 0.375. The van der Waals surface area contributed by atoms with Gasteiger partial charge in [0.15, 0.2) is 34.6 Å². The van der Waals surface area contributed by atoms with Crippen molar-refractivity contribution < 1.29 is 31.8 Å². The first-order valence-electron chi connectivity index (χ1n) is 7.93. The Morgan fingerprint density at radius 2 is 1.89 bits per heavy atom. The van der Waals surface area contributed by atoms with E-state index in [1.165, 1.54) is 6.20 Å². The molecule has 1 aromatic carbocycles. The van der Waals surface area contributed by atoms with Gasteiger partial charge in [-0.1, -0.05) is 0 Å². The van der Waals surface area contributed by atoms with E-state index in [1.807, 2.05) is 0 Å². The van der Waals surface area contributed by atoms with Crippen LogP contribution in [0.3, 0.4) is 0 Å². The number of anilines is 1. The van der Waals surface area contributed by atoms with Crippen molar-refractivity contribution in [2.75, 3.05) is 32.2 Å². The third-order valence-electron chi connectivity index (χ3n) is 4.21. The molecule has 3 rings (SSSR count). The van der Waals surface area contributed by atoms with E-state index in [2.05, 4.69) is 10.3 Å². The Morgan fingerprint density at radius 3 is 2.43 bits per heavy atom. The van der Waals surface area contributed by atoms with Crippen LogP contribution < -0.4 is 19.7 Å². The highest BCUT2D eigenvalue weighted by molar-refractivity contribution is 6.64. The number of fused-ring (bicyclic) bond motifs is 1. The van der Waals surface area contributed by atoms with Gasteiger partial charge in [-0.2, -0.15) is 0 Å². The number of carbonyl (C=O) groups excluding carboxylic acids is 1. The number of methoxy groups -OCH3 is 2. The molecule has 0 radical (unpaired) electrons. The number of alkyl halides is 2. The number of nitrogens with one attached hydrogen (secondary N) is 1. The summed E-state index contributed by atoms with van der Waals surface area (Å²) in [6.45, 7) is -1.32. The van der Waals surface area contributed by atoms with Crippen LogP contribution in [0.15, 0.2) is 22.8 Å². The highest BCUT2D eigenvalue weighted by Crippen LogP contribution is 2.39. The minimum absolute atomic E-state index is 0.102. The molecule has 0 aliphatic carbocycles. The van der Waals surface area contributed by atoms with Crippen molar-refractivity contribution in [3.63, 3.8) is 0 Å². The van der Waals surface area contributed by atoms with Crippen molar-refractivity contribution in [3.8, 4) is 11.5 Å². The van der Waals surface area contributed by atoms with Crippen molar-refractivity contribution in [2.24, 2.45) is 4.99 Å². The van der Waals surface area contributed by atoms with E-state index in [0.29, 0.717) is 15.4 Å². The predicted octanol–water partition coefficient (Wildman–Crippen LogP) is 2.90. The summed E-state index contributed by atoms with van der Waals surface area (Å²) in [5.41, 5.74) is -0.467. The average molecular weight is 423 g/mol. The molecule has 0 aromatic heterocycles. The second kappa shape index (κ2) is 7.74. The summed E-state index contributed by atoms with van der Waals surface area (Å²) in [4.78, 5) is 18.2. The quantitative estimate of drug-likeness (QED) is 0.585. The van der Waals surface area contributed by atoms with E-state index in [0.717, 1.165) is 20.3 Å². The number of hydrogen-bond acceptors (Lipinski definition) is 5. The third-order valence-corrected chi connectivity index (χ3v) is 4.42. The number of urea groups is 1. The van der Waals surface area contributed by atoms with Gasteiger partial charge >= 0.3 is 6.03 Å². The molecule has 2 amide bonds. The summed E-state index contributed by atoms with van der Waals surface area (Å²) in [5.74, 6) is -3.09. The minimum Gasteiger partial charge on any atom is -0.493 e. The number of benzene rings is 1. The number of rotatable bonds is 5. The average Bonchev–Trinajstić information content (AvgIpc) is 2.65. The zero-order valence-electron chi connectivity index (χ0n) is 14.7. The fourth-order valence-corrected chi connectivity index (χ4v) is 3.12. The Balaban J connectivity index is 2.12. The summed E-state index contributed by atoms with van der Waals surface area (Å²) < 4.78 is 65.5. The molecule has 12 heteroatoms. The summed E-state index contributed by atoms with van der Waals surface area (Å²) >= 11 is 5.77. The fourth-order valence-electron chi connectivity index (χ4n) is 2.97. The monoisotopic (exact) mass is 422 g/mol. The molecular formula is C16H15ClF4N4O3. The molecule has 0 saturated carbocycles. The minimum atomic E-state index is -2.90. The van der Waals surface area contributed by atoms with E-state index in [9.17, 15) is 22.4 Å². The molecule has 1 atom stereocenters. The number of carbonyl (C=O) groups is 1. The lowest BCUT2D eigenvalue weighted by molar-refractivity contribution is 0.0863. The lowest BCUT2D eigenvalue weighted by Crippen LogP contribution is -2.58. The summed E-state index contributed by atoms with van der Waals surface area (Å²) in [7, 11) is 2.31. The maximum Gasteiger partial charge on any atom is 0.327 e. The Morgan fingerprint density at radius 1 is 1.29 bits per heavy atom. The zero-order chi connectivity index (χ0) is 20.6. The molecule has 1 saturated heterocycles. The van der Waals surface area contributed by atoms with Crippen LogP contribution in [0, 0.1) is 11.6 Å². The first-order valence-corrected chi connectivity index (χ1v) is 8.31. The molecule has 0 spiro atoms. The van der Waals surface area contributed by atoms with Gasteiger partial charge < -0.3 is 14.8 Å². The summed E-state index contributed by atoms with van der Waals surface area (Å²) in [6, 6.07) is -0.0842. The Labute approximate surface area is 162 Å². The largest absolute Gasteiger partial charge is 0.493 e. The van der Waals surface area contributed by atoms with Crippen molar-refractivity contribution in [1.82, 2.24) is 10.2 Å². The number of ether oxygens (including phenoxy) is 2. The Bertz CT molecular complexity index is 837. The lowest BCUT2D eigenvalue weighted by Gasteiger charge is -2.42. The van der Waals surface area contributed by atoms with Crippen LogP contribution in [0.1, 0.15) is 0 Å². The van der Waals surface area contributed by atoms with Crippen molar-refractivity contribution in [1.29, 1.82) is 0 Å². The highest BCUT2D eigenvalue weighted by atomic mass is 35.5. The molecule has 1 fully saturated rings.